The smallest absolute Gasteiger partial charge is 0.136 e. The lowest BCUT2D eigenvalue weighted by Crippen LogP contribution is -2.11. The zero-order valence-corrected chi connectivity index (χ0v) is 16.2. The Morgan fingerprint density at radius 3 is 2.33 bits per heavy atom. The van der Waals surface area contributed by atoms with Gasteiger partial charge in [0.25, 0.3) is 0 Å². The van der Waals surface area contributed by atoms with Crippen LogP contribution in [-0.2, 0) is 0 Å². The van der Waals surface area contributed by atoms with Crippen molar-refractivity contribution in [3.05, 3.63) is 65.3 Å². The molecule has 1 unspecified atom stereocenters. The van der Waals surface area contributed by atoms with Crippen molar-refractivity contribution in [1.82, 2.24) is 9.78 Å². The first kappa shape index (κ1) is 19.0. The van der Waals surface area contributed by atoms with Crippen LogP contribution in [0.4, 0.5) is 0 Å². The van der Waals surface area contributed by atoms with Gasteiger partial charge in [-0.15, -0.1) is 0 Å². The second-order valence-electron chi connectivity index (χ2n) is 6.49. The molecule has 0 amide bonds. The molecule has 0 spiro atoms. The highest BCUT2D eigenvalue weighted by atomic mass is 35.5. The van der Waals surface area contributed by atoms with E-state index in [0.717, 1.165) is 22.7 Å². The normalized spacial score (nSPS) is 11.8. The summed E-state index contributed by atoms with van der Waals surface area (Å²) in [4.78, 5) is 0. The van der Waals surface area contributed by atoms with Crippen molar-refractivity contribution in [2.45, 2.75) is 20.0 Å². The fourth-order valence-corrected chi connectivity index (χ4v) is 2.63. The largest absolute Gasteiger partial charge is 0.497 e. The Labute approximate surface area is 164 Å². The van der Waals surface area contributed by atoms with Crippen molar-refractivity contribution in [2.75, 3.05) is 7.11 Å². The quantitative estimate of drug-likeness (QED) is 0.674. The summed E-state index contributed by atoms with van der Waals surface area (Å²) in [7, 11) is 1.63. The summed E-state index contributed by atoms with van der Waals surface area (Å²) in [6.07, 6.45) is -0.685. The minimum Gasteiger partial charge on any atom is -0.497 e. The molecule has 3 aromatic rings. The van der Waals surface area contributed by atoms with Gasteiger partial charge in [0.2, 0.25) is 0 Å². The topological polar surface area (TPSA) is 47.3 Å². The van der Waals surface area contributed by atoms with Gasteiger partial charge in [-0.2, -0.15) is 5.10 Å². The molecule has 0 aliphatic rings. The maximum Gasteiger partial charge on any atom is 0.136 e. The Kier molecular flexibility index (Phi) is 5.85. The Morgan fingerprint density at radius 2 is 1.74 bits per heavy atom. The van der Waals surface area contributed by atoms with Crippen LogP contribution in [0.2, 0.25) is 5.02 Å². The van der Waals surface area contributed by atoms with Gasteiger partial charge in [0, 0.05) is 16.7 Å². The number of aromatic nitrogens is 2. The van der Waals surface area contributed by atoms with Crippen LogP contribution >= 0.6 is 11.6 Å². The Bertz CT molecular complexity index is 964. The molecule has 0 fully saturated rings. The molecule has 0 saturated heterocycles. The van der Waals surface area contributed by atoms with Gasteiger partial charge >= 0.3 is 0 Å². The van der Waals surface area contributed by atoms with E-state index < -0.39 is 6.10 Å². The molecule has 138 valence electrons. The van der Waals surface area contributed by atoms with Gasteiger partial charge in [0.1, 0.15) is 17.5 Å². The molecular formula is C22H21ClN2O2. The number of methoxy groups -OCH3 is 1. The van der Waals surface area contributed by atoms with Gasteiger partial charge in [-0.05, 0) is 48.2 Å². The number of rotatable bonds is 4. The summed E-state index contributed by atoms with van der Waals surface area (Å²) in [5.74, 6) is 6.68. The molecule has 4 nitrogen and oxygen atoms in total. The van der Waals surface area contributed by atoms with Crippen LogP contribution in [-0.4, -0.2) is 28.1 Å². The average molecular weight is 381 g/mol. The van der Waals surface area contributed by atoms with Gasteiger partial charge in [0.05, 0.1) is 18.5 Å². The Morgan fingerprint density at radius 1 is 1.07 bits per heavy atom. The molecule has 1 N–H and O–H groups in total. The van der Waals surface area contributed by atoms with Crippen molar-refractivity contribution in [3.63, 3.8) is 0 Å². The van der Waals surface area contributed by atoms with Crippen LogP contribution in [0.5, 0.6) is 5.75 Å². The van der Waals surface area contributed by atoms with Crippen molar-refractivity contribution >= 4 is 11.6 Å². The molecule has 1 aromatic heterocycles. The van der Waals surface area contributed by atoms with Crippen molar-refractivity contribution < 1.29 is 9.84 Å². The van der Waals surface area contributed by atoms with Gasteiger partial charge in [-0.1, -0.05) is 43.5 Å². The molecule has 0 aliphatic carbocycles. The second-order valence-corrected chi connectivity index (χ2v) is 6.93. The summed E-state index contributed by atoms with van der Waals surface area (Å²) >= 11 is 6.02. The number of hydrogen-bond donors (Lipinski definition) is 1. The highest BCUT2D eigenvalue weighted by Crippen LogP contribution is 2.26. The third kappa shape index (κ3) is 4.51. The molecule has 27 heavy (non-hydrogen) atoms. The van der Waals surface area contributed by atoms with Crippen LogP contribution in [0, 0.1) is 17.8 Å². The van der Waals surface area contributed by atoms with E-state index >= 15 is 0 Å². The summed E-state index contributed by atoms with van der Waals surface area (Å²) in [5, 5.41) is 15.2. The lowest BCUT2D eigenvalue weighted by molar-refractivity contribution is 0.181. The van der Waals surface area contributed by atoms with Crippen LogP contribution in [0.1, 0.15) is 19.5 Å². The van der Waals surface area contributed by atoms with Gasteiger partial charge in [-0.3, -0.25) is 0 Å². The summed E-state index contributed by atoms with van der Waals surface area (Å²) < 4.78 is 7.06. The predicted octanol–water partition coefficient (Wildman–Crippen LogP) is 4.57. The summed E-state index contributed by atoms with van der Waals surface area (Å²) in [5.41, 5.74) is 3.34. The number of aliphatic hydroxyl groups is 1. The molecule has 5 heteroatoms. The summed E-state index contributed by atoms with van der Waals surface area (Å²) in [6.45, 7) is 3.85. The zero-order valence-electron chi connectivity index (χ0n) is 15.5. The van der Waals surface area contributed by atoms with E-state index in [0.29, 0.717) is 10.7 Å². The minimum atomic E-state index is -0.685. The number of aliphatic hydroxyl groups excluding tert-OH is 1. The fraction of sp³-hybridized carbons (Fsp3) is 0.227. The molecule has 0 saturated carbocycles. The monoisotopic (exact) mass is 380 g/mol. The van der Waals surface area contributed by atoms with Crippen LogP contribution in [0.3, 0.4) is 0 Å². The molecular weight excluding hydrogens is 360 g/mol. The maximum absolute atomic E-state index is 9.95. The van der Waals surface area contributed by atoms with Crippen LogP contribution in [0.25, 0.3) is 16.9 Å². The number of hydrogen-bond acceptors (Lipinski definition) is 3. The van der Waals surface area contributed by atoms with Crippen molar-refractivity contribution in [3.8, 4) is 34.5 Å². The maximum atomic E-state index is 9.95. The summed E-state index contributed by atoms with van der Waals surface area (Å²) in [6, 6.07) is 17.1. The van der Waals surface area contributed by atoms with E-state index in [-0.39, 0.29) is 5.92 Å². The van der Waals surface area contributed by atoms with E-state index in [1.165, 1.54) is 0 Å². The third-order valence-electron chi connectivity index (χ3n) is 4.15. The fourth-order valence-electron chi connectivity index (χ4n) is 2.50. The van der Waals surface area contributed by atoms with E-state index in [1.807, 2.05) is 73.1 Å². The molecule has 2 aromatic carbocycles. The highest BCUT2D eigenvalue weighted by Gasteiger charge is 2.12. The van der Waals surface area contributed by atoms with Gasteiger partial charge < -0.3 is 9.84 Å². The van der Waals surface area contributed by atoms with E-state index in [1.54, 1.807) is 7.11 Å². The number of halogens is 1. The van der Waals surface area contributed by atoms with Crippen molar-refractivity contribution in [2.24, 2.45) is 5.92 Å². The van der Waals surface area contributed by atoms with Gasteiger partial charge in [0.15, 0.2) is 0 Å². The predicted molar refractivity (Wildman–Crippen MR) is 108 cm³/mol. The SMILES string of the molecule is COc1ccc(-n2nc(C#CC(O)C(C)C)cc2-c2ccc(Cl)cc2)cc1. The third-order valence-corrected chi connectivity index (χ3v) is 4.40. The van der Waals surface area contributed by atoms with E-state index in [4.69, 9.17) is 16.3 Å². The lowest BCUT2D eigenvalue weighted by atomic mass is 10.1. The molecule has 0 radical (unpaired) electrons. The highest BCUT2D eigenvalue weighted by molar-refractivity contribution is 6.30. The van der Waals surface area contributed by atoms with Crippen LogP contribution in [0.15, 0.2) is 54.6 Å². The Balaban J connectivity index is 2.07. The lowest BCUT2D eigenvalue weighted by Gasteiger charge is -2.08. The van der Waals surface area contributed by atoms with Crippen LogP contribution < -0.4 is 4.74 Å². The molecule has 1 heterocycles. The second kappa shape index (κ2) is 8.30. The minimum absolute atomic E-state index is 0.0666. The molecule has 0 aliphatic heterocycles. The standard InChI is InChI=1S/C22H21ClN2O2/c1-15(2)22(26)13-8-18-14-21(16-4-6-17(23)7-5-16)25(24-18)19-9-11-20(27-3)12-10-19/h4-7,9-12,14-15,22,26H,1-3H3. The zero-order chi connectivity index (χ0) is 19.4. The number of ether oxygens (including phenoxy) is 1. The van der Waals surface area contributed by atoms with Crippen molar-refractivity contribution in [1.29, 1.82) is 0 Å². The number of nitrogens with zero attached hydrogens (tertiary/aromatic N) is 2. The Hall–Kier alpha value is -2.74. The first-order valence-electron chi connectivity index (χ1n) is 8.68. The molecule has 1 atom stereocenters. The molecule has 0 bridgehead atoms. The van der Waals surface area contributed by atoms with E-state index in [2.05, 4.69) is 16.9 Å². The number of benzene rings is 2. The van der Waals surface area contributed by atoms with Gasteiger partial charge in [-0.25, -0.2) is 4.68 Å². The first-order valence-corrected chi connectivity index (χ1v) is 9.06. The first-order chi connectivity index (χ1) is 13.0. The van der Waals surface area contributed by atoms with E-state index in [9.17, 15) is 5.11 Å². The molecule has 3 rings (SSSR count). The average Bonchev–Trinajstić information content (AvgIpc) is 3.11.